The molecule has 1 aromatic carbocycles. The smallest absolute Gasteiger partial charge is 0.263 e. The number of benzene rings is 1. The number of nitrogens with two attached hydrogens (primary N) is 1. The topological polar surface area (TPSA) is 129 Å². The number of aliphatic imine (C=N–C) groups is 1. The number of amidine groups is 1. The number of nitrogens with one attached hydrogen (secondary N) is 1. The average molecular weight is 386 g/mol. The predicted molar refractivity (Wildman–Crippen MR) is 94.4 cm³/mol. The predicted octanol–water partition coefficient (Wildman–Crippen LogP) is 1.52. The summed E-state index contributed by atoms with van der Waals surface area (Å²) in [5.41, 5.74) is 6.02. The molecule has 25 heavy (non-hydrogen) atoms. The summed E-state index contributed by atoms with van der Waals surface area (Å²) in [5.74, 6) is 0.453. The minimum absolute atomic E-state index is 0.00975. The van der Waals surface area contributed by atoms with Gasteiger partial charge < -0.3 is 15.2 Å². The van der Waals surface area contributed by atoms with Crippen LogP contribution in [0, 0.1) is 0 Å². The monoisotopic (exact) mass is 385 g/mol. The van der Waals surface area contributed by atoms with Crippen molar-refractivity contribution in [2.45, 2.75) is 4.90 Å². The van der Waals surface area contributed by atoms with E-state index in [1.54, 1.807) is 0 Å². The van der Waals surface area contributed by atoms with Crippen molar-refractivity contribution in [1.82, 2.24) is 9.97 Å². The van der Waals surface area contributed by atoms with E-state index in [9.17, 15) is 8.42 Å². The molecule has 0 saturated heterocycles. The number of rotatable bonds is 7. The molecule has 1 aromatic heterocycles. The van der Waals surface area contributed by atoms with Crippen LogP contribution >= 0.6 is 11.6 Å². The minimum Gasteiger partial charge on any atom is -0.489 e. The van der Waals surface area contributed by atoms with Gasteiger partial charge in [0.05, 0.1) is 30.7 Å². The Hall–Kier alpha value is -2.59. The number of nitrogens with zero attached hydrogens (tertiary/aromatic N) is 3. The number of anilines is 1. The molecule has 0 aliphatic carbocycles. The first-order valence-electron chi connectivity index (χ1n) is 6.86. The van der Waals surface area contributed by atoms with Crippen LogP contribution in [0.2, 0.25) is 0 Å². The highest BCUT2D eigenvalue weighted by Crippen LogP contribution is 2.32. The van der Waals surface area contributed by atoms with Crippen molar-refractivity contribution in [3.63, 3.8) is 0 Å². The van der Waals surface area contributed by atoms with Gasteiger partial charge in [0.2, 0.25) is 5.75 Å². The van der Waals surface area contributed by atoms with Crippen molar-refractivity contribution in [3.8, 4) is 11.6 Å². The van der Waals surface area contributed by atoms with Crippen LogP contribution in [0.1, 0.15) is 0 Å². The van der Waals surface area contributed by atoms with E-state index in [2.05, 4.69) is 19.7 Å². The fourth-order valence-corrected chi connectivity index (χ4v) is 2.91. The van der Waals surface area contributed by atoms with Gasteiger partial charge >= 0.3 is 0 Å². The van der Waals surface area contributed by atoms with Crippen LogP contribution in [0.15, 0.2) is 40.5 Å². The first-order valence-corrected chi connectivity index (χ1v) is 8.88. The fraction of sp³-hybridized carbons (Fsp3) is 0.214. The summed E-state index contributed by atoms with van der Waals surface area (Å²) in [4.78, 5) is 11.8. The Labute approximate surface area is 149 Å². The van der Waals surface area contributed by atoms with E-state index in [-0.39, 0.29) is 34.1 Å². The summed E-state index contributed by atoms with van der Waals surface area (Å²) in [5, 5.41) is 0. The highest BCUT2D eigenvalue weighted by atomic mass is 35.5. The molecule has 3 N–H and O–H groups in total. The van der Waals surface area contributed by atoms with E-state index in [4.69, 9.17) is 26.8 Å². The summed E-state index contributed by atoms with van der Waals surface area (Å²) in [6.07, 6.45) is 1.16. The lowest BCUT2D eigenvalue weighted by atomic mass is 10.3. The standard InChI is InChI=1S/C14H16ClN5O4S/c1-23-12-13(17-8-18-14(12)24-2)20-25(21,22)10-5-3-9(4-6-10)19-11(16)7-15/h3-6,8H,7H2,1-2H3,(H2,16,19)(H,17,18,20). The van der Waals surface area contributed by atoms with E-state index >= 15 is 0 Å². The zero-order valence-corrected chi connectivity index (χ0v) is 15.0. The Kier molecular flexibility index (Phi) is 5.99. The van der Waals surface area contributed by atoms with Crippen LogP contribution in [-0.2, 0) is 10.0 Å². The van der Waals surface area contributed by atoms with Crippen molar-refractivity contribution in [1.29, 1.82) is 0 Å². The largest absolute Gasteiger partial charge is 0.489 e. The second kappa shape index (κ2) is 7.99. The van der Waals surface area contributed by atoms with E-state index < -0.39 is 10.0 Å². The number of hydrogen-bond donors (Lipinski definition) is 2. The third kappa shape index (κ3) is 4.48. The lowest BCUT2D eigenvalue weighted by molar-refractivity contribution is 0.342. The molecule has 2 aromatic rings. The molecule has 1 heterocycles. The molecule has 9 nitrogen and oxygen atoms in total. The molecule has 0 radical (unpaired) electrons. The molecule has 0 amide bonds. The Bertz CT molecular complexity index is 871. The summed E-state index contributed by atoms with van der Waals surface area (Å²) >= 11 is 5.55. The number of methoxy groups -OCH3 is 2. The number of halogens is 1. The van der Waals surface area contributed by atoms with Crippen LogP contribution in [0.3, 0.4) is 0 Å². The molecule has 0 fully saturated rings. The first kappa shape index (κ1) is 18.7. The summed E-state index contributed by atoms with van der Waals surface area (Å²) in [6, 6.07) is 5.78. The molecule has 2 rings (SSSR count). The molecule has 0 saturated carbocycles. The normalized spacial score (nSPS) is 11.9. The SMILES string of the molecule is COc1ncnc(NS(=O)(=O)c2ccc(N=C(N)CCl)cc2)c1OC. The summed E-state index contributed by atoms with van der Waals surface area (Å²) < 4.78 is 37.5. The molecule has 0 spiro atoms. The Balaban J connectivity index is 2.31. The third-order valence-electron chi connectivity index (χ3n) is 2.96. The van der Waals surface area contributed by atoms with Crippen molar-refractivity contribution >= 4 is 39.0 Å². The zero-order valence-electron chi connectivity index (χ0n) is 13.4. The van der Waals surface area contributed by atoms with Crippen LogP contribution in [0.5, 0.6) is 11.6 Å². The van der Waals surface area contributed by atoms with Gasteiger partial charge in [-0.1, -0.05) is 0 Å². The third-order valence-corrected chi connectivity index (χ3v) is 4.58. The van der Waals surface area contributed by atoms with Crippen LogP contribution in [0.25, 0.3) is 0 Å². The van der Waals surface area contributed by atoms with Crippen molar-refractivity contribution < 1.29 is 17.9 Å². The molecular formula is C14H16ClN5O4S. The Morgan fingerprint density at radius 3 is 2.48 bits per heavy atom. The number of hydrogen-bond acceptors (Lipinski definition) is 7. The maximum atomic E-state index is 12.5. The number of ether oxygens (including phenoxy) is 2. The Morgan fingerprint density at radius 1 is 1.24 bits per heavy atom. The van der Waals surface area contributed by atoms with Gasteiger partial charge in [0.15, 0.2) is 5.82 Å². The van der Waals surface area contributed by atoms with Gasteiger partial charge in [-0.25, -0.2) is 18.4 Å². The van der Waals surface area contributed by atoms with Gasteiger partial charge in [0.1, 0.15) is 12.2 Å². The van der Waals surface area contributed by atoms with Gasteiger partial charge in [-0.15, -0.1) is 11.6 Å². The van der Waals surface area contributed by atoms with Gasteiger partial charge in [-0.05, 0) is 24.3 Å². The second-order valence-electron chi connectivity index (χ2n) is 4.60. The lowest BCUT2D eigenvalue weighted by Gasteiger charge is -2.12. The van der Waals surface area contributed by atoms with E-state index in [0.717, 1.165) is 6.33 Å². The van der Waals surface area contributed by atoms with Crippen molar-refractivity contribution in [2.75, 3.05) is 24.8 Å². The molecule has 0 unspecified atom stereocenters. The molecule has 0 atom stereocenters. The van der Waals surface area contributed by atoms with E-state index in [0.29, 0.717) is 5.69 Å². The molecule has 0 aliphatic rings. The van der Waals surface area contributed by atoms with Gasteiger partial charge in [-0.3, -0.25) is 4.72 Å². The van der Waals surface area contributed by atoms with Crippen LogP contribution in [0.4, 0.5) is 11.5 Å². The number of alkyl halides is 1. The average Bonchev–Trinajstić information content (AvgIpc) is 2.61. The zero-order chi connectivity index (χ0) is 18.4. The Morgan fingerprint density at radius 2 is 1.92 bits per heavy atom. The number of sulfonamides is 1. The van der Waals surface area contributed by atoms with E-state index in [1.807, 2.05) is 0 Å². The maximum absolute atomic E-state index is 12.5. The van der Waals surface area contributed by atoms with Gasteiger partial charge in [-0.2, -0.15) is 4.98 Å². The van der Waals surface area contributed by atoms with Crippen LogP contribution in [-0.4, -0.2) is 44.3 Å². The molecule has 0 bridgehead atoms. The lowest BCUT2D eigenvalue weighted by Crippen LogP contribution is -2.15. The van der Waals surface area contributed by atoms with Crippen molar-refractivity contribution in [2.24, 2.45) is 10.7 Å². The van der Waals surface area contributed by atoms with Gasteiger partial charge in [0.25, 0.3) is 15.9 Å². The van der Waals surface area contributed by atoms with Gasteiger partial charge in [0, 0.05) is 0 Å². The molecular weight excluding hydrogens is 370 g/mol. The highest BCUT2D eigenvalue weighted by molar-refractivity contribution is 7.92. The minimum atomic E-state index is -3.90. The van der Waals surface area contributed by atoms with Crippen LogP contribution < -0.4 is 19.9 Å². The fourth-order valence-electron chi connectivity index (χ4n) is 1.84. The molecule has 0 aliphatic heterocycles. The molecule has 11 heteroatoms. The van der Waals surface area contributed by atoms with Crippen molar-refractivity contribution in [3.05, 3.63) is 30.6 Å². The second-order valence-corrected chi connectivity index (χ2v) is 6.55. The summed E-state index contributed by atoms with van der Waals surface area (Å²) in [6.45, 7) is 0. The number of aromatic nitrogens is 2. The van der Waals surface area contributed by atoms with E-state index in [1.165, 1.54) is 38.5 Å². The summed E-state index contributed by atoms with van der Waals surface area (Å²) in [7, 11) is -1.17. The molecule has 134 valence electrons. The highest BCUT2D eigenvalue weighted by Gasteiger charge is 2.20. The quantitative estimate of drug-likeness (QED) is 0.420. The first-order chi connectivity index (χ1) is 11.9. The maximum Gasteiger partial charge on any atom is 0.263 e.